The SMILES string of the molecule is CS(=O)(=O)C1CSCCN1C(=O)N(CCC(=O)O)C1CC1. The number of amides is 2. The van der Waals surface area contributed by atoms with Crippen molar-refractivity contribution in [2.24, 2.45) is 0 Å². The molecule has 1 aliphatic heterocycles. The number of urea groups is 1. The lowest BCUT2D eigenvalue weighted by Gasteiger charge is -2.37. The number of nitrogens with zero attached hydrogens (tertiary/aromatic N) is 2. The summed E-state index contributed by atoms with van der Waals surface area (Å²) < 4.78 is 23.7. The first-order valence-corrected chi connectivity index (χ1v) is 9.97. The van der Waals surface area contributed by atoms with Crippen molar-refractivity contribution < 1.29 is 23.1 Å². The van der Waals surface area contributed by atoms with Gasteiger partial charge in [-0.1, -0.05) is 0 Å². The molecule has 120 valence electrons. The molecule has 2 amide bonds. The highest BCUT2D eigenvalue weighted by Gasteiger charge is 2.40. The van der Waals surface area contributed by atoms with Gasteiger partial charge in [0.05, 0.1) is 6.42 Å². The molecule has 1 saturated heterocycles. The van der Waals surface area contributed by atoms with Crippen molar-refractivity contribution in [3.63, 3.8) is 0 Å². The van der Waals surface area contributed by atoms with Crippen LogP contribution >= 0.6 is 11.8 Å². The van der Waals surface area contributed by atoms with Crippen molar-refractivity contribution in [1.82, 2.24) is 9.80 Å². The lowest BCUT2D eigenvalue weighted by atomic mass is 10.3. The summed E-state index contributed by atoms with van der Waals surface area (Å²) >= 11 is 1.52. The minimum atomic E-state index is -3.35. The van der Waals surface area contributed by atoms with Crippen LogP contribution in [0.3, 0.4) is 0 Å². The average Bonchev–Trinajstić information content (AvgIpc) is 3.22. The zero-order valence-corrected chi connectivity index (χ0v) is 13.5. The van der Waals surface area contributed by atoms with E-state index in [1.807, 2.05) is 0 Å². The zero-order chi connectivity index (χ0) is 15.6. The number of carbonyl (C=O) groups is 2. The van der Waals surface area contributed by atoms with Crippen LogP contribution in [0.15, 0.2) is 0 Å². The molecule has 2 rings (SSSR count). The molecule has 0 aromatic rings. The summed E-state index contributed by atoms with van der Waals surface area (Å²) in [4.78, 5) is 26.3. The lowest BCUT2D eigenvalue weighted by Crippen LogP contribution is -2.55. The van der Waals surface area contributed by atoms with E-state index < -0.39 is 21.2 Å². The molecule has 0 aromatic carbocycles. The van der Waals surface area contributed by atoms with Gasteiger partial charge in [0.25, 0.3) is 0 Å². The van der Waals surface area contributed by atoms with Crippen LogP contribution in [-0.4, -0.2) is 77.6 Å². The molecular formula is C12H20N2O5S2. The summed E-state index contributed by atoms with van der Waals surface area (Å²) in [5.41, 5.74) is 0. The summed E-state index contributed by atoms with van der Waals surface area (Å²) in [6.45, 7) is 0.524. The number of carbonyl (C=O) groups excluding carboxylic acids is 1. The van der Waals surface area contributed by atoms with Crippen LogP contribution in [0.4, 0.5) is 4.79 Å². The van der Waals surface area contributed by atoms with E-state index in [1.165, 1.54) is 21.6 Å². The average molecular weight is 336 g/mol. The van der Waals surface area contributed by atoms with Crippen LogP contribution in [-0.2, 0) is 14.6 Å². The summed E-state index contributed by atoms with van der Waals surface area (Å²) in [7, 11) is -3.35. The molecule has 0 aromatic heterocycles. The standard InChI is InChI=1S/C12H20N2O5S2/c1-21(18,19)10-8-20-7-6-14(10)12(17)13(9-2-3-9)5-4-11(15)16/h9-10H,2-8H2,1H3,(H,15,16). The summed E-state index contributed by atoms with van der Waals surface area (Å²) in [6, 6.07) is -0.277. The molecule has 1 N–H and O–H groups in total. The Morgan fingerprint density at radius 2 is 2.05 bits per heavy atom. The quantitative estimate of drug-likeness (QED) is 0.784. The van der Waals surface area contributed by atoms with Crippen molar-refractivity contribution >= 4 is 33.6 Å². The molecule has 2 fully saturated rings. The molecular weight excluding hydrogens is 316 g/mol. The van der Waals surface area contributed by atoms with E-state index in [1.54, 1.807) is 0 Å². The summed E-state index contributed by atoms with van der Waals surface area (Å²) in [5.74, 6) is 0.124. The zero-order valence-electron chi connectivity index (χ0n) is 11.9. The fourth-order valence-corrected chi connectivity index (χ4v) is 5.17. The Morgan fingerprint density at radius 3 is 2.57 bits per heavy atom. The fraction of sp³-hybridized carbons (Fsp3) is 0.833. The smallest absolute Gasteiger partial charge is 0.321 e. The number of carboxylic acid groups (broad SMARTS) is 1. The van der Waals surface area contributed by atoms with Gasteiger partial charge in [-0.3, -0.25) is 4.79 Å². The van der Waals surface area contributed by atoms with Crippen molar-refractivity contribution in [3.8, 4) is 0 Å². The highest BCUT2D eigenvalue weighted by atomic mass is 32.2. The van der Waals surface area contributed by atoms with Crippen LogP contribution in [0, 0.1) is 0 Å². The molecule has 1 aliphatic carbocycles. The Bertz CT molecular complexity index is 518. The van der Waals surface area contributed by atoms with E-state index in [4.69, 9.17) is 5.11 Å². The molecule has 0 bridgehead atoms. The van der Waals surface area contributed by atoms with Gasteiger partial charge in [-0.2, -0.15) is 11.8 Å². The first-order valence-electron chi connectivity index (χ1n) is 6.86. The Kier molecular flexibility index (Phi) is 5.03. The van der Waals surface area contributed by atoms with Gasteiger partial charge in [0.2, 0.25) is 0 Å². The predicted octanol–water partition coefficient (Wildman–Crippen LogP) is 0.465. The largest absolute Gasteiger partial charge is 0.481 e. The van der Waals surface area contributed by atoms with E-state index in [-0.39, 0.29) is 25.0 Å². The third-order valence-electron chi connectivity index (χ3n) is 3.62. The monoisotopic (exact) mass is 336 g/mol. The lowest BCUT2D eigenvalue weighted by molar-refractivity contribution is -0.137. The van der Waals surface area contributed by atoms with Crippen molar-refractivity contribution in [1.29, 1.82) is 0 Å². The highest BCUT2D eigenvalue weighted by molar-refractivity contribution is 8.00. The Labute approximate surface area is 128 Å². The molecule has 1 heterocycles. The first kappa shape index (κ1) is 16.4. The number of carboxylic acids is 1. The van der Waals surface area contributed by atoms with Crippen LogP contribution in [0.5, 0.6) is 0 Å². The maximum Gasteiger partial charge on any atom is 0.321 e. The number of hydrogen-bond acceptors (Lipinski definition) is 5. The van der Waals surface area contributed by atoms with Crippen LogP contribution in [0.25, 0.3) is 0 Å². The van der Waals surface area contributed by atoms with Gasteiger partial charge < -0.3 is 14.9 Å². The van der Waals surface area contributed by atoms with Gasteiger partial charge >= 0.3 is 12.0 Å². The van der Waals surface area contributed by atoms with Crippen LogP contribution in [0.1, 0.15) is 19.3 Å². The molecule has 2 aliphatic rings. The number of sulfone groups is 1. The van der Waals surface area contributed by atoms with E-state index in [2.05, 4.69) is 0 Å². The van der Waals surface area contributed by atoms with Gasteiger partial charge in [-0.15, -0.1) is 0 Å². The van der Waals surface area contributed by atoms with Gasteiger partial charge in [-0.25, -0.2) is 13.2 Å². The van der Waals surface area contributed by atoms with E-state index in [0.29, 0.717) is 18.1 Å². The number of hydrogen-bond donors (Lipinski definition) is 1. The Morgan fingerprint density at radius 1 is 1.38 bits per heavy atom. The summed E-state index contributed by atoms with van der Waals surface area (Å²) in [5, 5.41) is 7.98. The Hall–Kier alpha value is -0.960. The molecule has 0 spiro atoms. The minimum absolute atomic E-state index is 0.0617. The van der Waals surface area contributed by atoms with E-state index in [9.17, 15) is 18.0 Å². The number of thioether (sulfide) groups is 1. The summed E-state index contributed by atoms with van der Waals surface area (Å²) in [6.07, 6.45) is 2.74. The maximum absolute atomic E-state index is 12.6. The maximum atomic E-state index is 12.6. The van der Waals surface area contributed by atoms with Crippen LogP contribution in [0.2, 0.25) is 0 Å². The second-order valence-electron chi connectivity index (χ2n) is 5.40. The molecule has 1 atom stereocenters. The molecule has 9 heteroatoms. The van der Waals surface area contributed by atoms with Crippen molar-refractivity contribution in [2.75, 3.05) is 30.9 Å². The normalized spacial score (nSPS) is 22.9. The molecule has 21 heavy (non-hydrogen) atoms. The molecule has 1 unspecified atom stereocenters. The number of rotatable bonds is 5. The van der Waals surface area contributed by atoms with Crippen molar-refractivity contribution in [2.45, 2.75) is 30.7 Å². The van der Waals surface area contributed by atoms with Gasteiger partial charge in [0.1, 0.15) is 5.37 Å². The second-order valence-corrected chi connectivity index (χ2v) is 8.76. The number of aliphatic carboxylic acids is 1. The Balaban J connectivity index is 2.12. The van der Waals surface area contributed by atoms with Gasteiger partial charge in [-0.05, 0) is 12.8 Å². The second kappa shape index (κ2) is 6.43. The fourth-order valence-electron chi connectivity index (χ4n) is 2.36. The first-order chi connectivity index (χ1) is 9.80. The van der Waals surface area contributed by atoms with Gasteiger partial charge in [0, 0.05) is 36.9 Å². The van der Waals surface area contributed by atoms with E-state index in [0.717, 1.165) is 19.1 Å². The topological polar surface area (TPSA) is 95.0 Å². The predicted molar refractivity (Wildman–Crippen MR) is 80.0 cm³/mol. The molecule has 1 saturated carbocycles. The molecule has 0 radical (unpaired) electrons. The van der Waals surface area contributed by atoms with Crippen LogP contribution < -0.4 is 0 Å². The molecule has 7 nitrogen and oxygen atoms in total. The minimum Gasteiger partial charge on any atom is -0.481 e. The van der Waals surface area contributed by atoms with E-state index >= 15 is 0 Å². The third-order valence-corrected chi connectivity index (χ3v) is 6.27. The highest BCUT2D eigenvalue weighted by Crippen LogP contribution is 2.30. The van der Waals surface area contributed by atoms with Crippen molar-refractivity contribution in [3.05, 3.63) is 0 Å². The third kappa shape index (κ3) is 4.26. The van der Waals surface area contributed by atoms with Gasteiger partial charge in [0.15, 0.2) is 9.84 Å².